The molecule has 0 saturated heterocycles. The third-order valence-electron chi connectivity index (χ3n) is 2.74. The van der Waals surface area contributed by atoms with Crippen molar-refractivity contribution in [2.24, 2.45) is 0 Å². The van der Waals surface area contributed by atoms with Crippen molar-refractivity contribution in [3.63, 3.8) is 0 Å². The zero-order chi connectivity index (χ0) is 12.8. The van der Waals surface area contributed by atoms with Gasteiger partial charge in [0.2, 0.25) is 0 Å². The standard InChI is InChI=1S/C13H20FNO2/c1-4-15(8-9-17-3)12-7-5-6-11(14)13(12)10(2)16/h5-7,10,16H,4,8-9H2,1-3H3/t10-/m1/s1. The molecule has 1 aromatic rings. The van der Waals surface area contributed by atoms with Crippen LogP contribution in [0.15, 0.2) is 18.2 Å². The molecular formula is C13H20FNO2. The second-order valence-corrected chi connectivity index (χ2v) is 3.92. The van der Waals surface area contributed by atoms with Crippen LogP contribution >= 0.6 is 0 Å². The zero-order valence-electron chi connectivity index (χ0n) is 10.6. The predicted octanol–water partition coefficient (Wildman–Crippen LogP) is 2.35. The second kappa shape index (κ2) is 6.57. The van der Waals surface area contributed by atoms with E-state index in [0.717, 1.165) is 12.2 Å². The number of benzene rings is 1. The highest BCUT2D eigenvalue weighted by Crippen LogP contribution is 2.28. The quantitative estimate of drug-likeness (QED) is 0.830. The molecule has 0 spiro atoms. The number of hydrogen-bond donors (Lipinski definition) is 1. The molecule has 17 heavy (non-hydrogen) atoms. The number of rotatable bonds is 6. The Labute approximate surface area is 102 Å². The number of halogens is 1. The lowest BCUT2D eigenvalue weighted by Gasteiger charge is -2.26. The number of hydrogen-bond acceptors (Lipinski definition) is 3. The zero-order valence-corrected chi connectivity index (χ0v) is 10.6. The Morgan fingerprint density at radius 1 is 1.47 bits per heavy atom. The van der Waals surface area contributed by atoms with Gasteiger partial charge in [-0.05, 0) is 26.0 Å². The number of aliphatic hydroxyl groups is 1. The molecule has 1 N–H and O–H groups in total. The van der Waals surface area contributed by atoms with E-state index in [-0.39, 0.29) is 5.82 Å². The summed E-state index contributed by atoms with van der Waals surface area (Å²) in [6, 6.07) is 4.85. The van der Waals surface area contributed by atoms with Crippen LogP contribution in [0.25, 0.3) is 0 Å². The summed E-state index contributed by atoms with van der Waals surface area (Å²) in [4.78, 5) is 1.99. The van der Waals surface area contributed by atoms with Gasteiger partial charge in [0.25, 0.3) is 0 Å². The molecule has 1 atom stereocenters. The third kappa shape index (κ3) is 3.41. The maximum absolute atomic E-state index is 13.7. The third-order valence-corrected chi connectivity index (χ3v) is 2.74. The van der Waals surface area contributed by atoms with E-state index < -0.39 is 6.10 Å². The van der Waals surface area contributed by atoms with Crippen LogP contribution in [0.4, 0.5) is 10.1 Å². The van der Waals surface area contributed by atoms with Crippen LogP contribution < -0.4 is 4.90 Å². The molecule has 0 fully saturated rings. The highest BCUT2D eigenvalue weighted by atomic mass is 19.1. The van der Waals surface area contributed by atoms with Crippen molar-refractivity contribution in [1.82, 2.24) is 0 Å². The van der Waals surface area contributed by atoms with Crippen LogP contribution in [-0.4, -0.2) is 31.9 Å². The molecule has 1 rings (SSSR count). The van der Waals surface area contributed by atoms with Gasteiger partial charge in [0.05, 0.1) is 12.7 Å². The van der Waals surface area contributed by atoms with Gasteiger partial charge in [-0.25, -0.2) is 4.39 Å². The lowest BCUT2D eigenvalue weighted by atomic mass is 10.1. The molecule has 0 unspecified atom stereocenters. The normalized spacial score (nSPS) is 12.5. The Balaban J connectivity index is 3.05. The van der Waals surface area contributed by atoms with Crippen molar-refractivity contribution >= 4 is 5.69 Å². The summed E-state index contributed by atoms with van der Waals surface area (Å²) in [6.45, 7) is 5.56. The second-order valence-electron chi connectivity index (χ2n) is 3.92. The summed E-state index contributed by atoms with van der Waals surface area (Å²) in [7, 11) is 1.63. The summed E-state index contributed by atoms with van der Waals surface area (Å²) >= 11 is 0. The molecule has 0 amide bonds. The van der Waals surface area contributed by atoms with Crippen molar-refractivity contribution in [2.45, 2.75) is 20.0 Å². The molecule has 1 aromatic carbocycles. The van der Waals surface area contributed by atoms with Crippen LogP contribution in [0.3, 0.4) is 0 Å². The molecule has 0 aliphatic rings. The Morgan fingerprint density at radius 3 is 2.71 bits per heavy atom. The number of likely N-dealkylation sites (N-methyl/N-ethyl adjacent to an activating group) is 1. The maximum Gasteiger partial charge on any atom is 0.131 e. The Morgan fingerprint density at radius 2 is 2.18 bits per heavy atom. The topological polar surface area (TPSA) is 32.7 Å². The van der Waals surface area contributed by atoms with Crippen LogP contribution in [0.2, 0.25) is 0 Å². The molecule has 0 saturated carbocycles. The minimum Gasteiger partial charge on any atom is -0.389 e. The summed E-state index contributed by atoms with van der Waals surface area (Å²) in [5, 5.41) is 9.66. The molecule has 0 radical (unpaired) electrons. The summed E-state index contributed by atoms with van der Waals surface area (Å²) < 4.78 is 18.7. The number of anilines is 1. The van der Waals surface area contributed by atoms with E-state index in [1.807, 2.05) is 17.9 Å². The fourth-order valence-electron chi connectivity index (χ4n) is 1.87. The van der Waals surface area contributed by atoms with E-state index >= 15 is 0 Å². The number of aliphatic hydroxyl groups excluding tert-OH is 1. The van der Waals surface area contributed by atoms with E-state index in [1.54, 1.807) is 20.1 Å². The molecular weight excluding hydrogens is 221 g/mol. The van der Waals surface area contributed by atoms with Crippen molar-refractivity contribution < 1.29 is 14.2 Å². The smallest absolute Gasteiger partial charge is 0.131 e. The van der Waals surface area contributed by atoms with E-state index in [9.17, 15) is 9.50 Å². The first-order chi connectivity index (χ1) is 8.11. The monoisotopic (exact) mass is 241 g/mol. The van der Waals surface area contributed by atoms with E-state index in [4.69, 9.17) is 4.74 Å². The van der Waals surface area contributed by atoms with Crippen molar-refractivity contribution in [3.05, 3.63) is 29.6 Å². The van der Waals surface area contributed by atoms with Crippen LogP contribution in [0.5, 0.6) is 0 Å². The van der Waals surface area contributed by atoms with Gasteiger partial charge in [-0.3, -0.25) is 0 Å². The highest BCUT2D eigenvalue weighted by molar-refractivity contribution is 5.55. The lowest BCUT2D eigenvalue weighted by molar-refractivity contribution is 0.193. The molecule has 96 valence electrons. The minimum atomic E-state index is -0.817. The van der Waals surface area contributed by atoms with Gasteiger partial charge in [-0.1, -0.05) is 6.07 Å². The molecule has 0 bridgehead atoms. The van der Waals surface area contributed by atoms with E-state index in [1.165, 1.54) is 6.07 Å². The van der Waals surface area contributed by atoms with Gasteiger partial charge < -0.3 is 14.7 Å². The molecule has 0 aliphatic heterocycles. The van der Waals surface area contributed by atoms with Crippen molar-refractivity contribution in [3.8, 4) is 0 Å². The first-order valence-electron chi connectivity index (χ1n) is 5.82. The molecule has 3 nitrogen and oxygen atoms in total. The van der Waals surface area contributed by atoms with Gasteiger partial charge in [0.1, 0.15) is 5.82 Å². The minimum absolute atomic E-state index is 0.352. The van der Waals surface area contributed by atoms with Crippen LogP contribution in [0.1, 0.15) is 25.5 Å². The average molecular weight is 241 g/mol. The molecule has 4 heteroatoms. The summed E-state index contributed by atoms with van der Waals surface area (Å²) in [5.74, 6) is -0.367. The molecule has 0 heterocycles. The lowest BCUT2D eigenvalue weighted by Crippen LogP contribution is -2.28. The summed E-state index contributed by atoms with van der Waals surface area (Å²) in [6.07, 6.45) is -0.817. The van der Waals surface area contributed by atoms with Gasteiger partial charge in [-0.2, -0.15) is 0 Å². The Kier molecular flexibility index (Phi) is 5.38. The fourth-order valence-corrected chi connectivity index (χ4v) is 1.87. The number of ether oxygens (including phenoxy) is 1. The number of nitrogens with zero attached hydrogens (tertiary/aromatic N) is 1. The predicted molar refractivity (Wildman–Crippen MR) is 66.8 cm³/mol. The van der Waals surface area contributed by atoms with Crippen molar-refractivity contribution in [1.29, 1.82) is 0 Å². The maximum atomic E-state index is 13.7. The van der Waals surface area contributed by atoms with Crippen molar-refractivity contribution in [2.75, 3.05) is 31.7 Å². The van der Waals surface area contributed by atoms with Crippen LogP contribution in [-0.2, 0) is 4.74 Å². The van der Waals surface area contributed by atoms with E-state index in [0.29, 0.717) is 18.7 Å². The van der Waals surface area contributed by atoms with Gasteiger partial charge in [-0.15, -0.1) is 0 Å². The van der Waals surface area contributed by atoms with Gasteiger partial charge >= 0.3 is 0 Å². The first kappa shape index (κ1) is 13.9. The fraction of sp³-hybridized carbons (Fsp3) is 0.538. The highest BCUT2D eigenvalue weighted by Gasteiger charge is 2.17. The number of methoxy groups -OCH3 is 1. The van der Waals surface area contributed by atoms with E-state index in [2.05, 4.69) is 0 Å². The Bertz CT molecular complexity index is 355. The molecule has 0 aliphatic carbocycles. The van der Waals surface area contributed by atoms with Crippen LogP contribution in [0, 0.1) is 5.82 Å². The SMILES string of the molecule is CCN(CCOC)c1cccc(F)c1[C@@H](C)O. The van der Waals surface area contributed by atoms with Gasteiger partial charge in [0.15, 0.2) is 0 Å². The summed E-state index contributed by atoms with van der Waals surface area (Å²) in [5.41, 5.74) is 1.09. The average Bonchev–Trinajstić information content (AvgIpc) is 2.29. The van der Waals surface area contributed by atoms with Gasteiger partial charge in [0, 0.05) is 31.5 Å². The molecule has 0 aromatic heterocycles. The first-order valence-corrected chi connectivity index (χ1v) is 5.82. The largest absolute Gasteiger partial charge is 0.389 e. The Hall–Kier alpha value is -1.13.